The minimum absolute atomic E-state index is 0.188. The van der Waals surface area contributed by atoms with Crippen molar-refractivity contribution in [2.24, 2.45) is 5.73 Å². The van der Waals surface area contributed by atoms with E-state index in [1.807, 2.05) is 0 Å². The Balaban J connectivity index is 2.10. The Labute approximate surface area is 108 Å². The van der Waals surface area contributed by atoms with Crippen molar-refractivity contribution in [1.82, 2.24) is 9.80 Å². The molecule has 2 heterocycles. The van der Waals surface area contributed by atoms with E-state index in [0.29, 0.717) is 6.04 Å². The van der Waals surface area contributed by atoms with Crippen molar-refractivity contribution in [3.05, 3.63) is 22.4 Å². The molecule has 1 aliphatic heterocycles. The van der Waals surface area contributed by atoms with Crippen molar-refractivity contribution in [2.45, 2.75) is 25.4 Å². The fourth-order valence-corrected chi connectivity index (χ4v) is 3.32. The zero-order valence-corrected chi connectivity index (χ0v) is 11.6. The smallest absolute Gasteiger partial charge is 0.0505 e. The van der Waals surface area contributed by atoms with E-state index in [1.165, 1.54) is 18.5 Å². The van der Waals surface area contributed by atoms with E-state index >= 15 is 0 Å². The summed E-state index contributed by atoms with van der Waals surface area (Å²) in [6.07, 6.45) is 1.24. The Morgan fingerprint density at radius 1 is 1.29 bits per heavy atom. The molecule has 4 heteroatoms. The second-order valence-electron chi connectivity index (χ2n) is 5.05. The number of hydrogen-bond acceptors (Lipinski definition) is 4. The molecule has 96 valence electrons. The van der Waals surface area contributed by atoms with Gasteiger partial charge >= 0.3 is 0 Å². The Kier molecular flexibility index (Phi) is 4.56. The Hall–Kier alpha value is -0.420. The number of nitrogens with two attached hydrogens (primary N) is 1. The molecule has 1 saturated heterocycles. The van der Waals surface area contributed by atoms with E-state index in [-0.39, 0.29) is 6.04 Å². The van der Waals surface area contributed by atoms with Crippen LogP contribution in [-0.4, -0.2) is 49.1 Å². The maximum absolute atomic E-state index is 6.19. The SMILES string of the molecule is CC(N)C(c1ccsc1)N1CCCN(C)CC1. The van der Waals surface area contributed by atoms with Gasteiger partial charge in [-0.2, -0.15) is 11.3 Å². The molecule has 0 radical (unpaired) electrons. The van der Waals surface area contributed by atoms with Crippen LogP contribution in [0.15, 0.2) is 16.8 Å². The first-order chi connectivity index (χ1) is 8.18. The first kappa shape index (κ1) is 13.0. The van der Waals surface area contributed by atoms with Crippen molar-refractivity contribution >= 4 is 11.3 Å². The zero-order chi connectivity index (χ0) is 12.3. The fraction of sp³-hybridized carbons (Fsp3) is 0.692. The first-order valence-corrected chi connectivity index (χ1v) is 7.33. The van der Waals surface area contributed by atoms with Crippen molar-refractivity contribution in [3.8, 4) is 0 Å². The van der Waals surface area contributed by atoms with Crippen LogP contribution in [0, 0.1) is 0 Å². The molecule has 0 amide bonds. The van der Waals surface area contributed by atoms with E-state index in [1.54, 1.807) is 11.3 Å². The summed E-state index contributed by atoms with van der Waals surface area (Å²) >= 11 is 1.76. The third-order valence-corrected chi connectivity index (χ3v) is 4.23. The predicted molar refractivity (Wildman–Crippen MR) is 74.4 cm³/mol. The van der Waals surface area contributed by atoms with Gasteiger partial charge in [0.05, 0.1) is 6.04 Å². The summed E-state index contributed by atoms with van der Waals surface area (Å²) in [5.41, 5.74) is 7.58. The molecule has 17 heavy (non-hydrogen) atoms. The molecular weight excluding hydrogens is 230 g/mol. The lowest BCUT2D eigenvalue weighted by Crippen LogP contribution is -2.41. The molecule has 0 aromatic carbocycles. The average Bonchev–Trinajstić information content (AvgIpc) is 2.70. The zero-order valence-electron chi connectivity index (χ0n) is 10.8. The average molecular weight is 253 g/mol. The Bertz CT molecular complexity index is 323. The van der Waals surface area contributed by atoms with E-state index < -0.39 is 0 Å². The molecule has 2 rings (SSSR count). The highest BCUT2D eigenvalue weighted by Gasteiger charge is 2.25. The number of nitrogens with zero attached hydrogens (tertiary/aromatic N) is 2. The van der Waals surface area contributed by atoms with Gasteiger partial charge in [0.1, 0.15) is 0 Å². The summed E-state index contributed by atoms with van der Waals surface area (Å²) in [4.78, 5) is 4.96. The normalized spacial score (nSPS) is 23.2. The Morgan fingerprint density at radius 3 is 2.76 bits per heavy atom. The molecule has 1 aromatic heterocycles. The van der Waals surface area contributed by atoms with Gasteiger partial charge in [-0.15, -0.1) is 0 Å². The first-order valence-electron chi connectivity index (χ1n) is 6.39. The number of hydrogen-bond donors (Lipinski definition) is 1. The molecule has 3 nitrogen and oxygen atoms in total. The summed E-state index contributed by atoms with van der Waals surface area (Å²) < 4.78 is 0. The maximum Gasteiger partial charge on any atom is 0.0505 e. The van der Waals surface area contributed by atoms with E-state index in [2.05, 4.69) is 40.6 Å². The van der Waals surface area contributed by atoms with Gasteiger partial charge in [-0.3, -0.25) is 4.90 Å². The number of thiophene rings is 1. The van der Waals surface area contributed by atoms with Crippen molar-refractivity contribution in [2.75, 3.05) is 33.2 Å². The molecular formula is C13H23N3S. The van der Waals surface area contributed by atoms with Crippen LogP contribution in [0.5, 0.6) is 0 Å². The van der Waals surface area contributed by atoms with Crippen LogP contribution in [0.2, 0.25) is 0 Å². The van der Waals surface area contributed by atoms with Crippen LogP contribution in [0.1, 0.15) is 24.9 Å². The van der Waals surface area contributed by atoms with Gasteiger partial charge < -0.3 is 10.6 Å². The molecule has 0 spiro atoms. The molecule has 0 saturated carbocycles. The molecule has 2 atom stereocenters. The molecule has 1 fully saturated rings. The van der Waals surface area contributed by atoms with Crippen LogP contribution >= 0.6 is 11.3 Å². The number of likely N-dealkylation sites (N-methyl/N-ethyl adjacent to an activating group) is 1. The van der Waals surface area contributed by atoms with Crippen LogP contribution in [-0.2, 0) is 0 Å². The van der Waals surface area contributed by atoms with Crippen molar-refractivity contribution in [1.29, 1.82) is 0 Å². The van der Waals surface area contributed by atoms with E-state index in [0.717, 1.165) is 19.6 Å². The monoisotopic (exact) mass is 253 g/mol. The summed E-state index contributed by atoms with van der Waals surface area (Å²) in [6.45, 7) is 6.75. The van der Waals surface area contributed by atoms with Crippen LogP contribution < -0.4 is 5.73 Å². The lowest BCUT2D eigenvalue weighted by Gasteiger charge is -2.33. The summed E-state index contributed by atoms with van der Waals surface area (Å²) in [5, 5.41) is 4.39. The largest absolute Gasteiger partial charge is 0.326 e. The topological polar surface area (TPSA) is 32.5 Å². The van der Waals surface area contributed by atoms with Crippen molar-refractivity contribution in [3.63, 3.8) is 0 Å². The highest BCUT2D eigenvalue weighted by molar-refractivity contribution is 7.07. The third kappa shape index (κ3) is 3.28. The van der Waals surface area contributed by atoms with Gasteiger partial charge in [0, 0.05) is 25.7 Å². The molecule has 1 aromatic rings. The minimum Gasteiger partial charge on any atom is -0.326 e. The standard InChI is InChI=1S/C13H23N3S/c1-11(14)13(12-4-9-17-10-12)16-6-3-5-15(2)7-8-16/h4,9-11,13H,3,5-8,14H2,1-2H3. The summed E-state index contributed by atoms with van der Waals surface area (Å²) in [5.74, 6) is 0. The maximum atomic E-state index is 6.19. The van der Waals surface area contributed by atoms with E-state index in [4.69, 9.17) is 5.73 Å². The van der Waals surface area contributed by atoms with Crippen LogP contribution in [0.3, 0.4) is 0 Å². The molecule has 1 aliphatic rings. The van der Waals surface area contributed by atoms with Gasteiger partial charge in [-0.1, -0.05) is 0 Å². The second kappa shape index (κ2) is 5.96. The second-order valence-corrected chi connectivity index (χ2v) is 5.83. The lowest BCUT2D eigenvalue weighted by atomic mass is 10.0. The van der Waals surface area contributed by atoms with Gasteiger partial charge in [-0.05, 0) is 49.3 Å². The quantitative estimate of drug-likeness (QED) is 0.891. The molecule has 0 bridgehead atoms. The lowest BCUT2D eigenvalue weighted by molar-refractivity contribution is 0.183. The van der Waals surface area contributed by atoms with Gasteiger partial charge in [-0.25, -0.2) is 0 Å². The third-order valence-electron chi connectivity index (χ3n) is 3.53. The molecule has 2 N–H and O–H groups in total. The Morgan fingerprint density at radius 2 is 2.12 bits per heavy atom. The number of rotatable bonds is 3. The summed E-state index contributed by atoms with van der Waals surface area (Å²) in [6, 6.07) is 2.79. The van der Waals surface area contributed by atoms with E-state index in [9.17, 15) is 0 Å². The predicted octanol–water partition coefficient (Wildman–Crippen LogP) is 1.77. The minimum atomic E-state index is 0.188. The molecule has 2 unspecified atom stereocenters. The van der Waals surface area contributed by atoms with Gasteiger partial charge in [0.15, 0.2) is 0 Å². The van der Waals surface area contributed by atoms with Crippen molar-refractivity contribution < 1.29 is 0 Å². The summed E-state index contributed by atoms with van der Waals surface area (Å²) in [7, 11) is 2.20. The van der Waals surface area contributed by atoms with Gasteiger partial charge in [0.2, 0.25) is 0 Å². The highest BCUT2D eigenvalue weighted by Crippen LogP contribution is 2.26. The molecule has 0 aliphatic carbocycles. The van der Waals surface area contributed by atoms with Crippen LogP contribution in [0.25, 0.3) is 0 Å². The fourth-order valence-electron chi connectivity index (χ4n) is 2.63. The highest BCUT2D eigenvalue weighted by atomic mass is 32.1. The van der Waals surface area contributed by atoms with Crippen LogP contribution in [0.4, 0.5) is 0 Å². The van der Waals surface area contributed by atoms with Gasteiger partial charge in [0.25, 0.3) is 0 Å².